The monoisotopic (exact) mass is 348 g/mol. The van der Waals surface area contributed by atoms with Crippen molar-refractivity contribution in [3.8, 4) is 11.5 Å². The second kappa shape index (κ2) is 4.44. The van der Waals surface area contributed by atoms with E-state index >= 15 is 0 Å². The molecule has 15 heavy (non-hydrogen) atoms. The van der Waals surface area contributed by atoms with Crippen LogP contribution in [0.25, 0.3) is 0 Å². The number of benzene rings is 1. The molecule has 0 spiro atoms. The summed E-state index contributed by atoms with van der Waals surface area (Å²) in [6.07, 6.45) is 0. The van der Waals surface area contributed by atoms with Gasteiger partial charge in [0.1, 0.15) is 9.32 Å². The topological polar surface area (TPSA) is 121 Å². The number of phenolic OH excluding ortho intramolecular Hbond substituents is 1. The third-order valence-corrected chi connectivity index (χ3v) is 3.57. The van der Waals surface area contributed by atoms with E-state index in [-0.39, 0.29) is 9.32 Å². The lowest BCUT2D eigenvalue weighted by molar-refractivity contribution is 0.282. The lowest BCUT2D eigenvalue weighted by atomic mass is 10.3. The van der Waals surface area contributed by atoms with Crippen molar-refractivity contribution in [2.24, 2.45) is 0 Å². The van der Waals surface area contributed by atoms with Gasteiger partial charge >= 0.3 is 27.6 Å². The maximum absolute atomic E-state index is 10.7. The second-order valence-electron chi connectivity index (χ2n) is 2.41. The van der Waals surface area contributed by atoms with Gasteiger partial charge in [-0.25, -0.2) is 10.7 Å². The highest BCUT2D eigenvalue weighted by Crippen LogP contribution is 2.42. The molecule has 1 aromatic carbocycles. The molecule has 0 bridgehead atoms. The van der Waals surface area contributed by atoms with Crippen LogP contribution in [0, 0.1) is 3.57 Å². The van der Waals surface area contributed by atoms with Gasteiger partial charge in [0.25, 0.3) is 0 Å². The number of hydrogen-bond donors (Lipinski definition) is 3. The van der Waals surface area contributed by atoms with Crippen molar-refractivity contribution in [2.75, 3.05) is 0 Å². The number of aromatic hydroxyl groups is 1. The van der Waals surface area contributed by atoms with Gasteiger partial charge in [-0.05, 0) is 12.1 Å². The van der Waals surface area contributed by atoms with Crippen molar-refractivity contribution < 1.29 is 30.1 Å². The van der Waals surface area contributed by atoms with E-state index in [1.807, 2.05) is 0 Å². The van der Waals surface area contributed by atoms with Gasteiger partial charge in [0.2, 0.25) is 0 Å². The predicted molar refractivity (Wildman–Crippen MR) is 54.9 cm³/mol. The van der Waals surface area contributed by atoms with E-state index in [2.05, 4.69) is 4.52 Å². The average Bonchev–Trinajstić information content (AvgIpc) is 1.99. The molecule has 0 heterocycles. The molecular weight excluding hydrogens is 342 g/mol. The van der Waals surface area contributed by atoms with Gasteiger partial charge in [-0.15, -0.1) is 0 Å². The highest BCUT2D eigenvalue weighted by atomic mass is 127. The summed E-state index contributed by atoms with van der Waals surface area (Å²) in [4.78, 5) is 17.0. The Morgan fingerprint density at radius 2 is 1.87 bits per heavy atom. The van der Waals surface area contributed by atoms with Crippen LogP contribution in [-0.2, 0) is 10.7 Å². The summed E-state index contributed by atoms with van der Waals surface area (Å²) < 4.78 is 35.8. The molecule has 7 nitrogen and oxygen atoms in total. The van der Waals surface area contributed by atoms with Gasteiger partial charge in [-0.2, -0.15) is 0 Å². The average molecular weight is 348 g/mol. The van der Waals surface area contributed by atoms with Crippen molar-refractivity contribution in [2.45, 2.75) is 0 Å². The zero-order valence-corrected chi connectivity index (χ0v) is 10.1. The van der Waals surface area contributed by atoms with Crippen LogP contribution in [0.3, 0.4) is 0 Å². The molecule has 9 heteroatoms. The van der Waals surface area contributed by atoms with Gasteiger partial charge in [-0.1, -0.05) is 0 Å². The van der Waals surface area contributed by atoms with Crippen LogP contribution in [0.1, 0.15) is 0 Å². The highest BCUT2D eigenvalue weighted by molar-refractivity contribution is 14.2. The molecular formula is C6H6IO7P. The van der Waals surface area contributed by atoms with Crippen molar-refractivity contribution in [1.29, 1.82) is 0 Å². The van der Waals surface area contributed by atoms with E-state index in [1.54, 1.807) is 0 Å². The summed E-state index contributed by atoms with van der Waals surface area (Å²) in [7, 11) is -4.84. The Kier molecular flexibility index (Phi) is 3.66. The van der Waals surface area contributed by atoms with Gasteiger partial charge in [0, 0.05) is 6.07 Å². The number of rotatable bonds is 3. The van der Waals surface area contributed by atoms with Crippen LogP contribution in [-0.4, -0.2) is 14.9 Å². The van der Waals surface area contributed by atoms with Crippen molar-refractivity contribution in [3.05, 3.63) is 21.8 Å². The van der Waals surface area contributed by atoms with Crippen LogP contribution < -0.4 is 4.52 Å². The fourth-order valence-electron chi connectivity index (χ4n) is 0.818. The fraction of sp³-hybridized carbons (Fsp3) is 0. The first kappa shape index (κ1) is 12.4. The van der Waals surface area contributed by atoms with Gasteiger partial charge in [0.15, 0.2) is 5.75 Å². The van der Waals surface area contributed by atoms with Gasteiger partial charge in [0.05, 0.1) is 0 Å². The smallest absolute Gasteiger partial charge is 0.508 e. The molecule has 3 N–H and O–H groups in total. The van der Waals surface area contributed by atoms with Gasteiger partial charge in [-0.3, -0.25) is 9.79 Å². The van der Waals surface area contributed by atoms with Crippen LogP contribution in [0.4, 0.5) is 0 Å². The minimum atomic E-state index is -4.84. The number of phosphoric acid groups is 1. The first-order valence-electron chi connectivity index (χ1n) is 3.43. The number of phosphoric ester groups is 1. The Balaban J connectivity index is 3.25. The zero-order valence-electron chi connectivity index (χ0n) is 7.03. The Labute approximate surface area is 91.1 Å². The van der Waals surface area contributed by atoms with E-state index < -0.39 is 33.4 Å². The molecule has 0 saturated carbocycles. The van der Waals surface area contributed by atoms with Gasteiger partial charge < -0.3 is 9.63 Å². The molecule has 0 amide bonds. The quantitative estimate of drug-likeness (QED) is 0.555. The normalized spacial score (nSPS) is 11.7. The maximum atomic E-state index is 10.7. The molecule has 0 unspecified atom stereocenters. The largest absolute Gasteiger partial charge is 0.524 e. The molecule has 0 aromatic heterocycles. The maximum Gasteiger partial charge on any atom is 0.524 e. The molecule has 84 valence electrons. The fourth-order valence-corrected chi connectivity index (χ4v) is 2.57. The molecule has 0 radical (unpaired) electrons. The zero-order chi connectivity index (χ0) is 11.6. The Hall–Kier alpha value is -0.700. The Morgan fingerprint density at radius 3 is 2.33 bits per heavy atom. The molecule has 1 aromatic rings. The summed E-state index contributed by atoms with van der Waals surface area (Å²) in [5.41, 5.74) is 0. The minimum Gasteiger partial charge on any atom is -0.508 e. The third kappa shape index (κ3) is 3.74. The van der Waals surface area contributed by atoms with Crippen LogP contribution in [0.2, 0.25) is 0 Å². The molecule has 0 aliphatic carbocycles. The van der Waals surface area contributed by atoms with Crippen LogP contribution >= 0.6 is 27.6 Å². The highest BCUT2D eigenvalue weighted by Gasteiger charge is 2.20. The lowest BCUT2D eigenvalue weighted by Gasteiger charge is -2.07. The van der Waals surface area contributed by atoms with E-state index in [4.69, 9.17) is 14.9 Å². The summed E-state index contributed by atoms with van der Waals surface area (Å²) >= 11 is -3.92. The summed E-state index contributed by atoms with van der Waals surface area (Å²) in [5, 5.41) is 9.00. The minimum absolute atomic E-state index is 0.319. The van der Waals surface area contributed by atoms with E-state index in [0.29, 0.717) is 0 Å². The Morgan fingerprint density at radius 1 is 1.27 bits per heavy atom. The summed E-state index contributed by atoms with van der Waals surface area (Å²) in [6.45, 7) is 0. The second-order valence-corrected chi connectivity index (χ2v) is 5.98. The molecule has 0 fully saturated rings. The van der Waals surface area contributed by atoms with Crippen LogP contribution in [0.15, 0.2) is 18.2 Å². The number of hydrogen-bond acceptors (Lipinski definition) is 5. The SMILES string of the molecule is O=I(=O)c1ccc(O)cc1OP(=O)(O)O. The van der Waals surface area contributed by atoms with Crippen molar-refractivity contribution >= 4 is 27.6 Å². The summed E-state index contributed by atoms with van der Waals surface area (Å²) in [5.74, 6) is -0.890. The molecule has 0 atom stereocenters. The van der Waals surface area contributed by atoms with E-state index in [9.17, 15) is 10.7 Å². The standard InChI is InChI=1S/C6H6IO7P/c8-4-1-2-5(7(9)10)6(3-4)14-15(11,12)13/h1-3,8H,(H2,11,12,13). The number of phenols is 1. The third-order valence-electron chi connectivity index (χ3n) is 1.30. The molecule has 1 rings (SSSR count). The van der Waals surface area contributed by atoms with Crippen LogP contribution in [0.5, 0.6) is 11.5 Å². The predicted octanol–water partition coefficient (Wildman–Crippen LogP) is 1.23. The first-order valence-corrected chi connectivity index (χ1v) is 7.80. The summed E-state index contributed by atoms with van der Waals surface area (Å²) in [6, 6.07) is 2.93. The van der Waals surface area contributed by atoms with Crippen molar-refractivity contribution in [3.63, 3.8) is 0 Å². The van der Waals surface area contributed by atoms with E-state index in [0.717, 1.165) is 18.2 Å². The van der Waals surface area contributed by atoms with Crippen molar-refractivity contribution in [1.82, 2.24) is 0 Å². The molecule has 0 saturated heterocycles. The lowest BCUT2D eigenvalue weighted by Crippen LogP contribution is -1.92. The molecule has 0 aliphatic heterocycles. The first-order chi connectivity index (χ1) is 6.79. The number of halogens is 1. The molecule has 0 aliphatic rings. The Bertz CT molecular complexity index is 480. The van der Waals surface area contributed by atoms with E-state index in [1.165, 1.54) is 0 Å².